The van der Waals surface area contributed by atoms with Crippen LogP contribution in [0.2, 0.25) is 5.22 Å². The Morgan fingerprint density at radius 2 is 2.14 bits per heavy atom. The van der Waals surface area contributed by atoms with Crippen LogP contribution in [0.4, 0.5) is 0 Å². The Kier molecular flexibility index (Phi) is 3.44. The fourth-order valence-corrected chi connectivity index (χ4v) is 2.52. The van der Waals surface area contributed by atoms with Crippen molar-refractivity contribution in [2.24, 2.45) is 5.92 Å². The van der Waals surface area contributed by atoms with Gasteiger partial charge < -0.3 is 8.98 Å². The van der Waals surface area contributed by atoms with Gasteiger partial charge in [0.1, 0.15) is 0 Å². The van der Waals surface area contributed by atoms with Gasteiger partial charge in [-0.1, -0.05) is 13.8 Å². The van der Waals surface area contributed by atoms with Crippen LogP contribution in [-0.4, -0.2) is 9.55 Å². The van der Waals surface area contributed by atoms with E-state index in [1.54, 1.807) is 18.2 Å². The summed E-state index contributed by atoms with van der Waals surface area (Å²) in [6, 6.07) is 11.2. The SMILES string of the molecule is CC(C)Cn1c(-c2ccc(Cl)o2)nc2cc(C#N)ccc21. The molecule has 0 saturated carbocycles. The number of furan rings is 1. The maximum absolute atomic E-state index is 9.02. The highest BCUT2D eigenvalue weighted by Gasteiger charge is 2.16. The summed E-state index contributed by atoms with van der Waals surface area (Å²) in [5.41, 5.74) is 2.38. The fraction of sp³-hybridized carbons (Fsp3) is 0.250. The van der Waals surface area contributed by atoms with Crippen LogP contribution < -0.4 is 0 Å². The second-order valence-electron chi connectivity index (χ2n) is 5.36. The lowest BCUT2D eigenvalue weighted by atomic mass is 10.2. The molecule has 3 rings (SSSR count). The lowest BCUT2D eigenvalue weighted by Crippen LogP contribution is -2.05. The minimum atomic E-state index is 0.339. The van der Waals surface area contributed by atoms with Crippen LogP contribution >= 0.6 is 11.6 Å². The first-order valence-corrected chi connectivity index (χ1v) is 7.12. The number of fused-ring (bicyclic) bond motifs is 1. The van der Waals surface area contributed by atoms with Crippen LogP contribution in [0.15, 0.2) is 34.7 Å². The van der Waals surface area contributed by atoms with Crippen LogP contribution in [0.25, 0.3) is 22.6 Å². The summed E-state index contributed by atoms with van der Waals surface area (Å²) in [4.78, 5) is 4.62. The van der Waals surface area contributed by atoms with E-state index in [0.717, 1.165) is 23.4 Å². The zero-order valence-corrected chi connectivity index (χ0v) is 12.6. The van der Waals surface area contributed by atoms with Crippen molar-refractivity contribution in [1.29, 1.82) is 5.26 Å². The van der Waals surface area contributed by atoms with E-state index < -0.39 is 0 Å². The Bertz CT molecular complexity index is 839. The average molecular weight is 300 g/mol. The molecule has 0 bridgehead atoms. The van der Waals surface area contributed by atoms with E-state index in [4.69, 9.17) is 21.3 Å². The molecule has 0 aliphatic heterocycles. The predicted molar refractivity (Wildman–Crippen MR) is 82.0 cm³/mol. The van der Waals surface area contributed by atoms with Crippen LogP contribution in [0.5, 0.6) is 0 Å². The van der Waals surface area contributed by atoms with E-state index in [9.17, 15) is 0 Å². The van der Waals surface area contributed by atoms with Crippen LogP contribution in [0.1, 0.15) is 19.4 Å². The zero-order valence-electron chi connectivity index (χ0n) is 11.8. The molecule has 3 aromatic rings. The fourth-order valence-electron chi connectivity index (χ4n) is 2.37. The number of benzene rings is 1. The first-order chi connectivity index (χ1) is 10.1. The van der Waals surface area contributed by atoms with Gasteiger partial charge >= 0.3 is 0 Å². The first-order valence-electron chi connectivity index (χ1n) is 6.74. The van der Waals surface area contributed by atoms with E-state index in [0.29, 0.717) is 22.5 Å². The third-order valence-electron chi connectivity index (χ3n) is 3.22. The topological polar surface area (TPSA) is 54.8 Å². The van der Waals surface area contributed by atoms with Crippen molar-refractivity contribution in [1.82, 2.24) is 9.55 Å². The standard InChI is InChI=1S/C16H14ClN3O/c1-10(2)9-20-13-4-3-11(8-18)7-12(13)19-16(20)14-5-6-15(17)21-14/h3-7,10H,9H2,1-2H3. The number of imidazole rings is 1. The number of halogens is 1. The van der Waals surface area contributed by atoms with Crippen molar-refractivity contribution in [3.8, 4) is 17.7 Å². The van der Waals surface area contributed by atoms with Gasteiger partial charge in [0.05, 0.1) is 22.7 Å². The van der Waals surface area contributed by atoms with Crippen LogP contribution in [0, 0.1) is 17.2 Å². The van der Waals surface area contributed by atoms with Gasteiger partial charge in [0.2, 0.25) is 0 Å². The second kappa shape index (κ2) is 5.27. The Morgan fingerprint density at radius 1 is 1.33 bits per heavy atom. The number of nitriles is 1. The summed E-state index contributed by atoms with van der Waals surface area (Å²) in [6.07, 6.45) is 0. The maximum Gasteiger partial charge on any atom is 0.194 e. The van der Waals surface area contributed by atoms with E-state index in [1.165, 1.54) is 0 Å². The lowest BCUT2D eigenvalue weighted by molar-refractivity contribution is 0.522. The molecule has 2 heterocycles. The molecule has 5 heteroatoms. The van der Waals surface area contributed by atoms with E-state index in [2.05, 4.69) is 29.5 Å². The third kappa shape index (κ3) is 2.53. The summed E-state index contributed by atoms with van der Waals surface area (Å²) in [5.74, 6) is 1.83. The lowest BCUT2D eigenvalue weighted by Gasteiger charge is -2.10. The van der Waals surface area contributed by atoms with Crippen molar-refractivity contribution in [2.45, 2.75) is 20.4 Å². The molecule has 0 aliphatic carbocycles. The monoisotopic (exact) mass is 299 g/mol. The van der Waals surface area contributed by atoms with E-state index >= 15 is 0 Å². The minimum Gasteiger partial charge on any atom is -0.441 e. The van der Waals surface area contributed by atoms with Gasteiger partial charge in [0.25, 0.3) is 0 Å². The summed E-state index contributed by atoms with van der Waals surface area (Å²) in [5, 5.41) is 9.36. The van der Waals surface area contributed by atoms with Crippen LogP contribution in [0.3, 0.4) is 0 Å². The molecule has 0 N–H and O–H groups in total. The zero-order chi connectivity index (χ0) is 15.0. The highest BCUT2D eigenvalue weighted by Crippen LogP contribution is 2.29. The third-order valence-corrected chi connectivity index (χ3v) is 3.42. The number of nitrogens with zero attached hydrogens (tertiary/aromatic N) is 3. The van der Waals surface area contributed by atoms with Crippen molar-refractivity contribution in [3.05, 3.63) is 41.1 Å². The number of aromatic nitrogens is 2. The van der Waals surface area contributed by atoms with Gasteiger partial charge in [-0.3, -0.25) is 0 Å². The number of hydrogen-bond donors (Lipinski definition) is 0. The average Bonchev–Trinajstić information content (AvgIpc) is 3.02. The molecule has 21 heavy (non-hydrogen) atoms. The second-order valence-corrected chi connectivity index (χ2v) is 5.73. The Balaban J connectivity index is 2.24. The maximum atomic E-state index is 9.02. The molecule has 0 radical (unpaired) electrons. The molecule has 0 amide bonds. The molecule has 106 valence electrons. The van der Waals surface area contributed by atoms with Crippen molar-refractivity contribution in [3.63, 3.8) is 0 Å². The molecule has 4 nitrogen and oxygen atoms in total. The van der Waals surface area contributed by atoms with E-state index in [1.807, 2.05) is 12.1 Å². The van der Waals surface area contributed by atoms with Gasteiger partial charge in [-0.2, -0.15) is 5.26 Å². The first kappa shape index (κ1) is 13.7. The molecule has 1 aromatic carbocycles. The molecule has 2 aromatic heterocycles. The largest absolute Gasteiger partial charge is 0.441 e. The van der Waals surface area contributed by atoms with Crippen molar-refractivity contribution < 1.29 is 4.42 Å². The molecule has 0 atom stereocenters. The minimum absolute atomic E-state index is 0.339. The summed E-state index contributed by atoms with van der Waals surface area (Å²) < 4.78 is 7.60. The number of rotatable bonds is 3. The van der Waals surface area contributed by atoms with E-state index in [-0.39, 0.29) is 0 Å². The molecule has 0 aliphatic rings. The highest BCUT2D eigenvalue weighted by molar-refractivity contribution is 6.28. The van der Waals surface area contributed by atoms with Gasteiger partial charge in [-0.25, -0.2) is 4.98 Å². The summed E-state index contributed by atoms with van der Waals surface area (Å²) in [7, 11) is 0. The smallest absolute Gasteiger partial charge is 0.194 e. The highest BCUT2D eigenvalue weighted by atomic mass is 35.5. The Hall–Kier alpha value is -2.25. The normalized spacial score (nSPS) is 11.2. The Labute approximate surface area is 127 Å². The van der Waals surface area contributed by atoms with Crippen molar-refractivity contribution >= 4 is 22.6 Å². The van der Waals surface area contributed by atoms with Gasteiger partial charge in [0, 0.05) is 6.54 Å². The predicted octanol–water partition coefficient (Wildman–Crippen LogP) is 4.48. The molecule has 0 spiro atoms. The summed E-state index contributed by atoms with van der Waals surface area (Å²) in [6.45, 7) is 5.11. The van der Waals surface area contributed by atoms with Gasteiger partial charge in [-0.05, 0) is 47.9 Å². The number of hydrogen-bond acceptors (Lipinski definition) is 3. The van der Waals surface area contributed by atoms with Crippen molar-refractivity contribution in [2.75, 3.05) is 0 Å². The van der Waals surface area contributed by atoms with Crippen LogP contribution in [-0.2, 0) is 6.54 Å². The molecular formula is C16H14ClN3O. The molecule has 0 saturated heterocycles. The molecular weight excluding hydrogens is 286 g/mol. The molecule has 0 unspecified atom stereocenters. The summed E-state index contributed by atoms with van der Waals surface area (Å²) >= 11 is 5.87. The van der Waals surface area contributed by atoms with Gasteiger partial charge in [-0.15, -0.1) is 0 Å². The quantitative estimate of drug-likeness (QED) is 0.716. The molecule has 0 fully saturated rings. The Morgan fingerprint density at radius 3 is 2.76 bits per heavy atom. The van der Waals surface area contributed by atoms with Gasteiger partial charge in [0.15, 0.2) is 16.8 Å².